The van der Waals surface area contributed by atoms with E-state index in [1.807, 2.05) is 64.9 Å². The van der Waals surface area contributed by atoms with Crippen LogP contribution in [-0.4, -0.2) is 67.3 Å². The standard InChI is InChI=1S/C19H32N6O2.HI/c1-7-20-17(21-11-14-9-8-10-16(22-14)24(5)6)23-15-12-25(13-15)18(26)27-19(2,3)4;/h8-10,15H,7,11-13H2,1-6H3,(H2,20,21,23);1H. The summed E-state index contributed by atoms with van der Waals surface area (Å²) >= 11 is 0. The predicted octanol–water partition coefficient (Wildman–Crippen LogP) is 2.44. The Hall–Kier alpha value is -1.78. The molecule has 1 saturated heterocycles. The summed E-state index contributed by atoms with van der Waals surface area (Å²) in [4.78, 5) is 24.9. The molecule has 0 bridgehead atoms. The number of amides is 1. The Morgan fingerprint density at radius 3 is 2.61 bits per heavy atom. The van der Waals surface area contributed by atoms with Crippen LogP contribution in [0.2, 0.25) is 0 Å². The number of carbonyl (C=O) groups is 1. The number of carbonyl (C=O) groups excluding carboxylic acids is 1. The van der Waals surface area contributed by atoms with Gasteiger partial charge in [0.05, 0.1) is 18.3 Å². The molecule has 2 heterocycles. The molecule has 28 heavy (non-hydrogen) atoms. The Bertz CT molecular complexity index is 669. The van der Waals surface area contributed by atoms with Crippen molar-refractivity contribution in [2.45, 2.75) is 45.9 Å². The highest BCUT2D eigenvalue weighted by Crippen LogP contribution is 2.15. The molecule has 0 spiro atoms. The Morgan fingerprint density at radius 1 is 1.36 bits per heavy atom. The van der Waals surface area contributed by atoms with Gasteiger partial charge in [0.15, 0.2) is 5.96 Å². The van der Waals surface area contributed by atoms with Crippen molar-refractivity contribution in [2.75, 3.05) is 38.6 Å². The van der Waals surface area contributed by atoms with E-state index in [4.69, 9.17) is 4.74 Å². The average molecular weight is 504 g/mol. The number of aromatic nitrogens is 1. The summed E-state index contributed by atoms with van der Waals surface area (Å²) in [6, 6.07) is 6.08. The number of hydrogen-bond acceptors (Lipinski definition) is 5. The molecule has 0 unspecified atom stereocenters. The van der Waals surface area contributed by atoms with Crippen LogP contribution in [-0.2, 0) is 11.3 Å². The van der Waals surface area contributed by atoms with Crippen molar-refractivity contribution in [3.05, 3.63) is 23.9 Å². The van der Waals surface area contributed by atoms with E-state index >= 15 is 0 Å². The summed E-state index contributed by atoms with van der Waals surface area (Å²) in [6.07, 6.45) is -0.271. The minimum Gasteiger partial charge on any atom is -0.444 e. The fourth-order valence-corrected chi connectivity index (χ4v) is 2.52. The third kappa shape index (κ3) is 7.69. The van der Waals surface area contributed by atoms with Crippen molar-refractivity contribution in [3.8, 4) is 0 Å². The molecule has 8 nitrogen and oxygen atoms in total. The van der Waals surface area contributed by atoms with Crippen molar-refractivity contribution < 1.29 is 9.53 Å². The van der Waals surface area contributed by atoms with Gasteiger partial charge < -0.3 is 25.2 Å². The molecule has 1 aromatic heterocycles. The zero-order valence-corrected chi connectivity index (χ0v) is 20.0. The second-order valence-electron chi connectivity index (χ2n) is 7.80. The molecule has 0 aromatic carbocycles. The summed E-state index contributed by atoms with van der Waals surface area (Å²) in [5, 5.41) is 6.60. The fourth-order valence-electron chi connectivity index (χ4n) is 2.52. The lowest BCUT2D eigenvalue weighted by Gasteiger charge is -2.40. The first-order valence-electron chi connectivity index (χ1n) is 9.34. The molecular weight excluding hydrogens is 471 g/mol. The van der Waals surface area contributed by atoms with Crippen LogP contribution in [0, 0.1) is 0 Å². The number of guanidine groups is 1. The van der Waals surface area contributed by atoms with Gasteiger partial charge in [-0.3, -0.25) is 0 Å². The van der Waals surface area contributed by atoms with Crippen LogP contribution in [0.3, 0.4) is 0 Å². The summed E-state index contributed by atoms with van der Waals surface area (Å²) in [7, 11) is 3.93. The minimum absolute atomic E-state index is 0. The summed E-state index contributed by atoms with van der Waals surface area (Å²) < 4.78 is 5.38. The Balaban J connectivity index is 0.00000392. The van der Waals surface area contributed by atoms with E-state index in [0.717, 1.165) is 24.0 Å². The largest absolute Gasteiger partial charge is 0.444 e. The number of aliphatic imine (C=N–C) groups is 1. The third-order valence-electron chi connectivity index (χ3n) is 3.87. The highest BCUT2D eigenvalue weighted by atomic mass is 127. The van der Waals surface area contributed by atoms with Crippen LogP contribution in [0.15, 0.2) is 23.2 Å². The van der Waals surface area contributed by atoms with Gasteiger partial charge in [0.25, 0.3) is 0 Å². The Morgan fingerprint density at radius 2 is 2.04 bits per heavy atom. The first-order chi connectivity index (χ1) is 12.7. The SMILES string of the molecule is CCNC(=NCc1cccc(N(C)C)n1)NC1CN(C(=O)OC(C)(C)C)C1.I. The molecule has 1 aliphatic rings. The topological polar surface area (TPSA) is 82.1 Å². The Labute approximate surface area is 185 Å². The lowest BCUT2D eigenvalue weighted by Crippen LogP contribution is -2.63. The van der Waals surface area contributed by atoms with E-state index in [2.05, 4.69) is 20.6 Å². The average Bonchev–Trinajstić information content (AvgIpc) is 2.53. The molecule has 0 saturated carbocycles. The molecule has 0 atom stereocenters. The zero-order valence-electron chi connectivity index (χ0n) is 17.7. The fraction of sp³-hybridized carbons (Fsp3) is 0.632. The van der Waals surface area contributed by atoms with Crippen LogP contribution in [0.1, 0.15) is 33.4 Å². The molecule has 158 valence electrons. The van der Waals surface area contributed by atoms with Gasteiger partial charge in [-0.05, 0) is 39.8 Å². The zero-order chi connectivity index (χ0) is 20.0. The highest BCUT2D eigenvalue weighted by molar-refractivity contribution is 14.0. The highest BCUT2D eigenvalue weighted by Gasteiger charge is 2.34. The first kappa shape index (κ1) is 24.3. The van der Waals surface area contributed by atoms with Gasteiger partial charge in [0.2, 0.25) is 0 Å². The second-order valence-corrected chi connectivity index (χ2v) is 7.80. The number of nitrogens with zero attached hydrogens (tertiary/aromatic N) is 4. The normalized spacial score (nSPS) is 14.6. The van der Waals surface area contributed by atoms with Crippen molar-refractivity contribution in [2.24, 2.45) is 4.99 Å². The van der Waals surface area contributed by atoms with Gasteiger partial charge in [0.1, 0.15) is 11.4 Å². The molecule has 1 fully saturated rings. The molecule has 9 heteroatoms. The number of nitrogens with one attached hydrogen (secondary N) is 2. The van der Waals surface area contributed by atoms with Gasteiger partial charge in [0, 0.05) is 33.7 Å². The maximum absolute atomic E-state index is 12.0. The van der Waals surface area contributed by atoms with E-state index in [1.165, 1.54) is 0 Å². The van der Waals surface area contributed by atoms with Crippen molar-refractivity contribution in [3.63, 3.8) is 0 Å². The van der Waals surface area contributed by atoms with Gasteiger partial charge in [-0.15, -0.1) is 24.0 Å². The number of halogens is 1. The third-order valence-corrected chi connectivity index (χ3v) is 3.87. The number of pyridine rings is 1. The van der Waals surface area contributed by atoms with Gasteiger partial charge in [-0.2, -0.15) is 0 Å². The van der Waals surface area contributed by atoms with Crippen molar-refractivity contribution in [1.29, 1.82) is 0 Å². The van der Waals surface area contributed by atoms with Crippen LogP contribution < -0.4 is 15.5 Å². The van der Waals surface area contributed by atoms with E-state index in [0.29, 0.717) is 19.6 Å². The quantitative estimate of drug-likeness (QED) is 0.364. The first-order valence-corrected chi connectivity index (χ1v) is 9.34. The predicted molar refractivity (Wildman–Crippen MR) is 124 cm³/mol. The molecule has 0 aliphatic carbocycles. The number of likely N-dealkylation sites (tertiary alicyclic amines) is 1. The van der Waals surface area contributed by atoms with Crippen LogP contribution in [0.25, 0.3) is 0 Å². The van der Waals surface area contributed by atoms with Crippen LogP contribution in [0.5, 0.6) is 0 Å². The molecule has 2 N–H and O–H groups in total. The number of anilines is 1. The molecule has 1 aromatic rings. The monoisotopic (exact) mass is 504 g/mol. The van der Waals surface area contributed by atoms with Gasteiger partial charge in [-0.25, -0.2) is 14.8 Å². The van der Waals surface area contributed by atoms with E-state index in [-0.39, 0.29) is 36.1 Å². The molecule has 0 radical (unpaired) electrons. The van der Waals surface area contributed by atoms with Crippen LogP contribution >= 0.6 is 24.0 Å². The van der Waals surface area contributed by atoms with Crippen molar-refractivity contribution in [1.82, 2.24) is 20.5 Å². The van der Waals surface area contributed by atoms with Crippen molar-refractivity contribution >= 4 is 41.8 Å². The van der Waals surface area contributed by atoms with Gasteiger partial charge >= 0.3 is 6.09 Å². The number of rotatable bonds is 5. The summed E-state index contributed by atoms with van der Waals surface area (Å²) in [5.74, 6) is 1.64. The summed E-state index contributed by atoms with van der Waals surface area (Å²) in [6.45, 7) is 10.1. The van der Waals surface area contributed by atoms with Gasteiger partial charge in [-0.1, -0.05) is 6.07 Å². The Kier molecular flexibility index (Phi) is 9.25. The summed E-state index contributed by atoms with van der Waals surface area (Å²) in [5.41, 5.74) is 0.433. The van der Waals surface area contributed by atoms with E-state index < -0.39 is 5.60 Å². The molecule has 2 rings (SSSR count). The van der Waals surface area contributed by atoms with E-state index in [9.17, 15) is 4.79 Å². The molecular formula is C19H33IN6O2. The maximum atomic E-state index is 12.0. The lowest BCUT2D eigenvalue weighted by atomic mass is 10.1. The van der Waals surface area contributed by atoms with E-state index in [1.54, 1.807) is 4.90 Å². The molecule has 1 aliphatic heterocycles. The molecule has 1 amide bonds. The maximum Gasteiger partial charge on any atom is 0.410 e. The lowest BCUT2D eigenvalue weighted by molar-refractivity contribution is 0.00701. The second kappa shape index (κ2) is 10.7. The smallest absolute Gasteiger partial charge is 0.410 e. The minimum atomic E-state index is -0.472. The number of ether oxygens (including phenoxy) is 1. The van der Waals surface area contributed by atoms with Crippen LogP contribution in [0.4, 0.5) is 10.6 Å². The number of hydrogen-bond donors (Lipinski definition) is 2.